The number of rotatable bonds is 5. The van der Waals surface area contributed by atoms with Crippen LogP contribution >= 0.6 is 0 Å². The lowest BCUT2D eigenvalue weighted by Crippen LogP contribution is -2.22. The van der Waals surface area contributed by atoms with Crippen molar-refractivity contribution in [2.75, 3.05) is 6.61 Å². The second-order valence-electron chi connectivity index (χ2n) is 2.96. The summed E-state index contributed by atoms with van der Waals surface area (Å²) in [4.78, 5) is 15.0. The van der Waals surface area contributed by atoms with E-state index < -0.39 is 0 Å². The summed E-state index contributed by atoms with van der Waals surface area (Å²) >= 11 is 0. The van der Waals surface area contributed by atoms with Crippen LogP contribution in [0.5, 0.6) is 0 Å². The number of nitrogens with one attached hydrogen (secondary N) is 1. The second kappa shape index (κ2) is 6.10. The molecule has 1 aromatic heterocycles. The monoisotopic (exact) mass is 194 g/mol. The van der Waals surface area contributed by atoms with E-state index in [4.69, 9.17) is 5.11 Å². The van der Waals surface area contributed by atoms with Gasteiger partial charge >= 0.3 is 0 Å². The van der Waals surface area contributed by atoms with Gasteiger partial charge in [0.25, 0.3) is 0 Å². The minimum Gasteiger partial charge on any atom is -0.396 e. The quantitative estimate of drug-likeness (QED) is 0.716. The molecule has 76 valence electrons. The molecule has 4 heteroatoms. The van der Waals surface area contributed by atoms with Gasteiger partial charge in [-0.15, -0.1) is 0 Å². The molecule has 0 saturated carbocycles. The first-order valence-electron chi connectivity index (χ1n) is 4.59. The highest BCUT2D eigenvalue weighted by atomic mass is 16.3. The number of carbonyl (C=O) groups excluding carboxylic acids is 1. The number of hydrogen-bond donors (Lipinski definition) is 2. The van der Waals surface area contributed by atoms with Gasteiger partial charge in [0.05, 0.1) is 0 Å². The molecular weight excluding hydrogens is 180 g/mol. The van der Waals surface area contributed by atoms with Crippen molar-refractivity contribution in [3.05, 3.63) is 30.1 Å². The fraction of sp³-hybridized carbons (Fsp3) is 0.400. The first-order valence-corrected chi connectivity index (χ1v) is 4.59. The van der Waals surface area contributed by atoms with E-state index in [0.717, 1.165) is 5.56 Å². The molecule has 0 spiro atoms. The highest BCUT2D eigenvalue weighted by Crippen LogP contribution is 1.95. The van der Waals surface area contributed by atoms with E-state index in [1.807, 2.05) is 12.1 Å². The van der Waals surface area contributed by atoms with Gasteiger partial charge in [-0.1, -0.05) is 0 Å². The van der Waals surface area contributed by atoms with Gasteiger partial charge in [-0.2, -0.15) is 0 Å². The lowest BCUT2D eigenvalue weighted by Gasteiger charge is -2.03. The summed E-state index contributed by atoms with van der Waals surface area (Å²) in [5, 5.41) is 11.3. The van der Waals surface area contributed by atoms with Crippen LogP contribution in [0, 0.1) is 0 Å². The number of aliphatic hydroxyl groups is 1. The maximum Gasteiger partial charge on any atom is 0.220 e. The third-order valence-electron chi connectivity index (χ3n) is 1.80. The van der Waals surface area contributed by atoms with E-state index in [2.05, 4.69) is 10.3 Å². The minimum absolute atomic E-state index is 0.0316. The summed E-state index contributed by atoms with van der Waals surface area (Å²) in [6.07, 6.45) is 4.27. The van der Waals surface area contributed by atoms with E-state index in [1.54, 1.807) is 12.4 Å². The Hall–Kier alpha value is -1.42. The molecular formula is C10H14N2O2. The van der Waals surface area contributed by atoms with E-state index in [0.29, 0.717) is 19.4 Å². The maximum atomic E-state index is 11.1. The van der Waals surface area contributed by atoms with E-state index in [1.165, 1.54) is 0 Å². The molecule has 0 atom stereocenters. The number of aliphatic hydroxyl groups excluding tert-OH is 1. The van der Waals surface area contributed by atoms with Gasteiger partial charge < -0.3 is 10.4 Å². The van der Waals surface area contributed by atoms with Crippen molar-refractivity contribution in [3.8, 4) is 0 Å². The third-order valence-corrected chi connectivity index (χ3v) is 1.80. The van der Waals surface area contributed by atoms with E-state index in [9.17, 15) is 4.79 Å². The zero-order valence-electron chi connectivity index (χ0n) is 7.94. The predicted octanol–water partition coefficient (Wildman–Crippen LogP) is 0.470. The van der Waals surface area contributed by atoms with Crippen molar-refractivity contribution in [2.24, 2.45) is 0 Å². The summed E-state index contributed by atoms with van der Waals surface area (Å²) in [6, 6.07) is 3.71. The SMILES string of the molecule is O=C(CCCO)NCc1ccncc1. The van der Waals surface area contributed by atoms with Crippen LogP contribution in [-0.2, 0) is 11.3 Å². The number of carbonyl (C=O) groups is 1. The van der Waals surface area contributed by atoms with Crippen LogP contribution in [-0.4, -0.2) is 22.6 Å². The van der Waals surface area contributed by atoms with Gasteiger partial charge in [0.15, 0.2) is 0 Å². The first-order chi connectivity index (χ1) is 6.83. The fourth-order valence-electron chi connectivity index (χ4n) is 1.03. The smallest absolute Gasteiger partial charge is 0.220 e. The number of hydrogen-bond acceptors (Lipinski definition) is 3. The second-order valence-corrected chi connectivity index (χ2v) is 2.96. The van der Waals surface area contributed by atoms with E-state index in [-0.39, 0.29) is 12.5 Å². The van der Waals surface area contributed by atoms with Gasteiger partial charge in [-0.25, -0.2) is 0 Å². The molecule has 0 aliphatic rings. The van der Waals surface area contributed by atoms with Crippen LogP contribution in [0.3, 0.4) is 0 Å². The van der Waals surface area contributed by atoms with E-state index >= 15 is 0 Å². The van der Waals surface area contributed by atoms with Crippen LogP contribution in [0.1, 0.15) is 18.4 Å². The highest BCUT2D eigenvalue weighted by Gasteiger charge is 1.99. The topological polar surface area (TPSA) is 62.2 Å². The molecule has 2 N–H and O–H groups in total. The Bertz CT molecular complexity index is 275. The largest absolute Gasteiger partial charge is 0.396 e. The molecule has 1 rings (SSSR count). The van der Waals surface area contributed by atoms with Crippen LogP contribution in [0.2, 0.25) is 0 Å². The molecule has 1 heterocycles. The molecule has 1 aromatic rings. The molecule has 0 aromatic carbocycles. The maximum absolute atomic E-state index is 11.1. The van der Waals surface area contributed by atoms with Crippen molar-refractivity contribution in [3.63, 3.8) is 0 Å². The number of amides is 1. The van der Waals surface area contributed by atoms with Gasteiger partial charge in [-0.3, -0.25) is 9.78 Å². The molecule has 0 aliphatic heterocycles. The molecule has 0 saturated heterocycles. The predicted molar refractivity (Wildman–Crippen MR) is 52.4 cm³/mol. The molecule has 0 fully saturated rings. The normalized spacial score (nSPS) is 9.79. The fourth-order valence-corrected chi connectivity index (χ4v) is 1.03. The number of pyridine rings is 1. The average molecular weight is 194 g/mol. The molecule has 0 bridgehead atoms. The summed E-state index contributed by atoms with van der Waals surface area (Å²) < 4.78 is 0. The van der Waals surface area contributed by atoms with Crippen molar-refractivity contribution in [2.45, 2.75) is 19.4 Å². The van der Waals surface area contributed by atoms with Gasteiger partial charge in [0.2, 0.25) is 5.91 Å². The Morgan fingerprint density at radius 3 is 2.79 bits per heavy atom. The Balaban J connectivity index is 2.24. The molecule has 0 aliphatic carbocycles. The average Bonchev–Trinajstić information content (AvgIpc) is 2.25. The minimum atomic E-state index is -0.0316. The lowest BCUT2D eigenvalue weighted by molar-refractivity contribution is -0.121. The van der Waals surface area contributed by atoms with Crippen LogP contribution in [0.15, 0.2) is 24.5 Å². The molecule has 14 heavy (non-hydrogen) atoms. The Labute approximate surface area is 83.0 Å². The zero-order chi connectivity index (χ0) is 10.2. The van der Waals surface area contributed by atoms with Crippen LogP contribution < -0.4 is 5.32 Å². The molecule has 1 amide bonds. The molecule has 0 radical (unpaired) electrons. The van der Waals surface area contributed by atoms with Crippen molar-refractivity contribution in [1.82, 2.24) is 10.3 Å². The zero-order valence-corrected chi connectivity index (χ0v) is 7.94. The van der Waals surface area contributed by atoms with Crippen LogP contribution in [0.4, 0.5) is 0 Å². The van der Waals surface area contributed by atoms with Gasteiger partial charge in [0, 0.05) is 32.0 Å². The number of nitrogens with zero attached hydrogens (tertiary/aromatic N) is 1. The first kappa shape index (κ1) is 10.7. The highest BCUT2D eigenvalue weighted by molar-refractivity contribution is 5.75. The summed E-state index contributed by atoms with van der Waals surface area (Å²) in [6.45, 7) is 0.579. The van der Waals surface area contributed by atoms with Crippen molar-refractivity contribution >= 4 is 5.91 Å². The van der Waals surface area contributed by atoms with Gasteiger partial charge in [-0.05, 0) is 24.1 Å². The summed E-state index contributed by atoms with van der Waals surface area (Å²) in [5.41, 5.74) is 1.03. The Morgan fingerprint density at radius 1 is 1.43 bits per heavy atom. The third kappa shape index (κ3) is 4.00. The van der Waals surface area contributed by atoms with Crippen molar-refractivity contribution in [1.29, 1.82) is 0 Å². The lowest BCUT2D eigenvalue weighted by atomic mass is 10.2. The van der Waals surface area contributed by atoms with Crippen molar-refractivity contribution < 1.29 is 9.90 Å². The Morgan fingerprint density at radius 2 is 2.14 bits per heavy atom. The number of aromatic nitrogens is 1. The molecule has 4 nitrogen and oxygen atoms in total. The summed E-state index contributed by atoms with van der Waals surface area (Å²) in [5.74, 6) is -0.0316. The van der Waals surface area contributed by atoms with Crippen LogP contribution in [0.25, 0.3) is 0 Å². The Kier molecular flexibility index (Phi) is 4.64. The summed E-state index contributed by atoms with van der Waals surface area (Å²) in [7, 11) is 0. The standard InChI is InChI=1S/C10H14N2O2/c13-7-1-2-10(14)12-8-9-3-5-11-6-4-9/h3-6,13H,1-2,7-8H2,(H,12,14). The van der Waals surface area contributed by atoms with Gasteiger partial charge in [0.1, 0.15) is 0 Å². The molecule has 0 unspecified atom stereocenters.